The molecule has 3 rings (SSSR count). The van der Waals surface area contributed by atoms with Crippen LogP contribution in [0.15, 0.2) is 48.5 Å². The van der Waals surface area contributed by atoms with Crippen molar-refractivity contribution in [1.82, 2.24) is 19.6 Å². The van der Waals surface area contributed by atoms with Crippen molar-refractivity contribution in [3.05, 3.63) is 59.7 Å². The largest absolute Gasteiger partial charge is 0.497 e. The minimum Gasteiger partial charge on any atom is -0.497 e. The molecule has 3 amide bonds. The van der Waals surface area contributed by atoms with Gasteiger partial charge >= 0.3 is 0 Å². The van der Waals surface area contributed by atoms with Gasteiger partial charge in [-0.1, -0.05) is 52.0 Å². The summed E-state index contributed by atoms with van der Waals surface area (Å²) >= 11 is 0. The van der Waals surface area contributed by atoms with Crippen molar-refractivity contribution in [3.63, 3.8) is 0 Å². The maximum atomic E-state index is 13.3. The van der Waals surface area contributed by atoms with E-state index >= 15 is 0 Å². The van der Waals surface area contributed by atoms with Crippen molar-refractivity contribution in [2.24, 2.45) is 11.8 Å². The number of nitrogens with zero attached hydrogens (tertiary/aromatic N) is 4. The first-order valence-corrected chi connectivity index (χ1v) is 14.4. The summed E-state index contributed by atoms with van der Waals surface area (Å²) in [6, 6.07) is 15.4. The minimum absolute atomic E-state index is 0.00514. The summed E-state index contributed by atoms with van der Waals surface area (Å²) in [7, 11) is 3.26. The van der Waals surface area contributed by atoms with E-state index in [1.165, 1.54) is 0 Å². The summed E-state index contributed by atoms with van der Waals surface area (Å²) < 4.78 is 10.5. The molecule has 2 aromatic carbocycles. The molecule has 0 atom stereocenters. The van der Waals surface area contributed by atoms with Crippen molar-refractivity contribution >= 4 is 17.7 Å². The number of carbonyl (C=O) groups is 3. The Morgan fingerprint density at radius 2 is 1.17 bits per heavy atom. The molecule has 0 bridgehead atoms. The molecule has 224 valence electrons. The first-order chi connectivity index (χ1) is 19.6. The Hall–Kier alpha value is -3.59. The molecule has 9 heteroatoms. The van der Waals surface area contributed by atoms with Crippen LogP contribution in [0.3, 0.4) is 0 Å². The lowest BCUT2D eigenvalue weighted by molar-refractivity contribution is -0.145. The fraction of sp³-hybridized carbons (Fsp3) is 0.531. The van der Waals surface area contributed by atoms with Crippen LogP contribution in [-0.4, -0.2) is 97.4 Å². The van der Waals surface area contributed by atoms with E-state index in [2.05, 4.69) is 27.7 Å². The molecule has 0 aromatic heterocycles. The van der Waals surface area contributed by atoms with Gasteiger partial charge in [0, 0.05) is 39.3 Å². The molecular formula is C32H46N4O5. The van der Waals surface area contributed by atoms with Crippen molar-refractivity contribution in [2.45, 2.75) is 40.8 Å². The third kappa shape index (κ3) is 10.1. The number of piperazine rings is 1. The van der Waals surface area contributed by atoms with Crippen LogP contribution in [0, 0.1) is 11.8 Å². The summed E-state index contributed by atoms with van der Waals surface area (Å²) in [4.78, 5) is 46.9. The SMILES string of the molecule is COc1ccc(CN(CC(C)C)C(=O)CN2CCN(CC(=O)N(Cc3ccc(OC)cc3)CC(C)C)C(=O)C2)cc1. The highest BCUT2D eigenvalue weighted by molar-refractivity contribution is 5.87. The Morgan fingerprint density at radius 3 is 1.56 bits per heavy atom. The van der Waals surface area contributed by atoms with Gasteiger partial charge in [-0.15, -0.1) is 0 Å². The standard InChI is InChI=1S/C32H46N4O5/c1-24(2)17-35(19-26-7-11-28(40-5)12-8-26)31(38)22-33-15-16-34(30(37)21-33)23-32(39)36(18-25(3)4)20-27-9-13-29(41-6)14-10-27/h7-14,24-25H,15-23H2,1-6H3. The zero-order chi connectivity index (χ0) is 29.9. The van der Waals surface area contributed by atoms with Gasteiger partial charge in [-0.05, 0) is 47.2 Å². The summed E-state index contributed by atoms with van der Waals surface area (Å²) in [5.41, 5.74) is 2.04. The van der Waals surface area contributed by atoms with Crippen molar-refractivity contribution in [3.8, 4) is 11.5 Å². The lowest BCUT2D eigenvalue weighted by Gasteiger charge is -2.36. The van der Waals surface area contributed by atoms with Crippen molar-refractivity contribution < 1.29 is 23.9 Å². The second kappa shape index (κ2) is 15.4. The summed E-state index contributed by atoms with van der Waals surface area (Å²) in [6.07, 6.45) is 0. The van der Waals surface area contributed by atoms with Crippen LogP contribution in [0.4, 0.5) is 0 Å². The molecule has 0 saturated carbocycles. The number of carbonyl (C=O) groups excluding carboxylic acids is 3. The molecule has 2 aromatic rings. The minimum atomic E-state index is -0.128. The van der Waals surface area contributed by atoms with E-state index in [-0.39, 0.29) is 37.4 Å². The van der Waals surface area contributed by atoms with E-state index in [9.17, 15) is 14.4 Å². The van der Waals surface area contributed by atoms with Gasteiger partial charge in [-0.2, -0.15) is 0 Å². The smallest absolute Gasteiger partial charge is 0.242 e. The zero-order valence-electron chi connectivity index (χ0n) is 25.5. The lowest BCUT2D eigenvalue weighted by atomic mass is 10.1. The third-order valence-corrected chi connectivity index (χ3v) is 7.02. The molecule has 1 aliphatic heterocycles. The highest BCUT2D eigenvalue weighted by Crippen LogP contribution is 2.17. The molecule has 1 saturated heterocycles. The van der Waals surface area contributed by atoms with Crippen LogP contribution in [0.25, 0.3) is 0 Å². The number of amides is 3. The Morgan fingerprint density at radius 1 is 0.732 bits per heavy atom. The molecule has 0 unspecified atom stereocenters. The Labute approximate surface area is 245 Å². The quantitative estimate of drug-likeness (QED) is 0.348. The molecule has 41 heavy (non-hydrogen) atoms. The van der Waals surface area contributed by atoms with Gasteiger partial charge in [0.2, 0.25) is 17.7 Å². The Bertz CT molecular complexity index is 1130. The van der Waals surface area contributed by atoms with Crippen LogP contribution in [0.1, 0.15) is 38.8 Å². The average molecular weight is 567 g/mol. The second-order valence-corrected chi connectivity index (χ2v) is 11.6. The maximum absolute atomic E-state index is 13.3. The van der Waals surface area contributed by atoms with Crippen molar-refractivity contribution in [1.29, 1.82) is 0 Å². The topological polar surface area (TPSA) is 82.6 Å². The first-order valence-electron chi connectivity index (χ1n) is 14.4. The molecule has 0 radical (unpaired) electrons. The molecule has 0 spiro atoms. The highest BCUT2D eigenvalue weighted by atomic mass is 16.5. The van der Waals surface area contributed by atoms with Gasteiger partial charge in [0.25, 0.3) is 0 Å². The molecule has 1 fully saturated rings. The Balaban J connectivity index is 1.56. The van der Waals surface area contributed by atoms with Crippen LogP contribution in [-0.2, 0) is 27.5 Å². The second-order valence-electron chi connectivity index (χ2n) is 11.6. The summed E-state index contributed by atoms with van der Waals surface area (Å²) in [5.74, 6) is 1.95. The number of ether oxygens (including phenoxy) is 2. The van der Waals surface area contributed by atoms with Crippen molar-refractivity contribution in [2.75, 3.05) is 60.0 Å². The van der Waals surface area contributed by atoms with Gasteiger partial charge in [0.1, 0.15) is 11.5 Å². The average Bonchev–Trinajstić information content (AvgIpc) is 2.94. The normalized spacial score (nSPS) is 14.0. The van der Waals surface area contributed by atoms with Gasteiger partial charge in [-0.25, -0.2) is 0 Å². The lowest BCUT2D eigenvalue weighted by Crippen LogP contribution is -2.55. The first kappa shape index (κ1) is 31.9. The highest BCUT2D eigenvalue weighted by Gasteiger charge is 2.29. The third-order valence-electron chi connectivity index (χ3n) is 7.02. The van der Waals surface area contributed by atoms with Crippen LogP contribution in [0.2, 0.25) is 0 Å². The summed E-state index contributed by atoms with van der Waals surface area (Å²) in [6.45, 7) is 11.8. The number of hydrogen-bond donors (Lipinski definition) is 0. The molecule has 1 heterocycles. The van der Waals surface area contributed by atoms with E-state index in [4.69, 9.17) is 9.47 Å². The molecule has 9 nitrogen and oxygen atoms in total. The Kier molecular flexibility index (Phi) is 12.0. The van der Waals surface area contributed by atoms with Gasteiger partial charge < -0.3 is 24.2 Å². The predicted molar refractivity (Wildman–Crippen MR) is 160 cm³/mol. The van der Waals surface area contributed by atoms with Crippen LogP contribution >= 0.6 is 0 Å². The molecule has 0 N–H and O–H groups in total. The molecule has 0 aliphatic carbocycles. The zero-order valence-corrected chi connectivity index (χ0v) is 25.5. The predicted octanol–water partition coefficient (Wildman–Crippen LogP) is 3.52. The van der Waals surface area contributed by atoms with E-state index < -0.39 is 0 Å². The molecular weight excluding hydrogens is 520 g/mol. The van der Waals surface area contributed by atoms with Gasteiger partial charge in [0.15, 0.2) is 0 Å². The van der Waals surface area contributed by atoms with E-state index in [0.29, 0.717) is 51.1 Å². The van der Waals surface area contributed by atoms with Gasteiger partial charge in [0.05, 0.1) is 33.9 Å². The van der Waals surface area contributed by atoms with Crippen LogP contribution < -0.4 is 9.47 Å². The number of rotatable bonds is 14. The number of methoxy groups -OCH3 is 2. The molecule has 1 aliphatic rings. The van der Waals surface area contributed by atoms with Crippen LogP contribution in [0.5, 0.6) is 11.5 Å². The van der Waals surface area contributed by atoms with E-state index in [1.54, 1.807) is 19.1 Å². The number of hydrogen-bond acceptors (Lipinski definition) is 6. The summed E-state index contributed by atoms with van der Waals surface area (Å²) in [5, 5.41) is 0. The maximum Gasteiger partial charge on any atom is 0.242 e. The fourth-order valence-electron chi connectivity index (χ4n) is 4.91. The van der Waals surface area contributed by atoms with Gasteiger partial charge in [-0.3, -0.25) is 19.3 Å². The van der Waals surface area contributed by atoms with E-state index in [1.807, 2.05) is 63.2 Å². The van der Waals surface area contributed by atoms with E-state index in [0.717, 1.165) is 22.6 Å². The fourth-order valence-corrected chi connectivity index (χ4v) is 4.91. The monoisotopic (exact) mass is 566 g/mol. The number of benzene rings is 2.